The van der Waals surface area contributed by atoms with Crippen LogP contribution < -0.4 is 5.32 Å². The minimum Gasteiger partial charge on any atom is -0.394 e. The average Bonchev–Trinajstić information content (AvgIpc) is 2.92. The Hall–Kier alpha value is -1.65. The van der Waals surface area contributed by atoms with E-state index in [1.807, 2.05) is 6.08 Å². The number of carbonyl (C=O) groups excluding carboxylic acids is 1. The van der Waals surface area contributed by atoms with E-state index in [0.29, 0.717) is 6.42 Å². The van der Waals surface area contributed by atoms with Gasteiger partial charge in [-0.15, -0.1) is 0 Å². The Morgan fingerprint density at radius 3 is 1.76 bits per heavy atom. The first-order chi connectivity index (χ1) is 18.7. The SMILES string of the molecule is CCCC/C=C\C/C=C\CCCCCCCC(=O)NC(CO)C(O)/C=C/CC/C=C/CCCCCCCC. The van der Waals surface area contributed by atoms with Gasteiger partial charge in [-0.1, -0.05) is 127 Å². The van der Waals surface area contributed by atoms with Gasteiger partial charge in [-0.25, -0.2) is 0 Å². The monoisotopic (exact) mass is 531 g/mol. The summed E-state index contributed by atoms with van der Waals surface area (Å²) in [4.78, 5) is 12.2. The van der Waals surface area contributed by atoms with E-state index in [-0.39, 0.29) is 12.5 Å². The average molecular weight is 532 g/mol. The van der Waals surface area contributed by atoms with Crippen LogP contribution >= 0.6 is 0 Å². The summed E-state index contributed by atoms with van der Waals surface area (Å²) in [5.41, 5.74) is 0. The molecule has 2 unspecified atom stereocenters. The number of allylic oxidation sites excluding steroid dienone is 7. The van der Waals surface area contributed by atoms with Crippen LogP contribution in [0.5, 0.6) is 0 Å². The van der Waals surface area contributed by atoms with Gasteiger partial charge in [0.25, 0.3) is 0 Å². The van der Waals surface area contributed by atoms with Gasteiger partial charge in [-0.3, -0.25) is 4.79 Å². The third kappa shape index (κ3) is 26.0. The van der Waals surface area contributed by atoms with E-state index in [0.717, 1.165) is 51.4 Å². The molecule has 4 nitrogen and oxygen atoms in total. The van der Waals surface area contributed by atoms with Crippen LogP contribution in [0.1, 0.15) is 142 Å². The first-order valence-corrected chi connectivity index (χ1v) is 15.9. The van der Waals surface area contributed by atoms with Gasteiger partial charge < -0.3 is 15.5 Å². The molecule has 38 heavy (non-hydrogen) atoms. The fraction of sp³-hybridized carbons (Fsp3) is 0.735. The van der Waals surface area contributed by atoms with Crippen molar-refractivity contribution in [1.29, 1.82) is 0 Å². The van der Waals surface area contributed by atoms with Gasteiger partial charge in [0, 0.05) is 6.42 Å². The van der Waals surface area contributed by atoms with Crippen molar-refractivity contribution in [1.82, 2.24) is 5.32 Å². The van der Waals surface area contributed by atoms with E-state index < -0.39 is 12.1 Å². The topological polar surface area (TPSA) is 69.6 Å². The summed E-state index contributed by atoms with van der Waals surface area (Å²) >= 11 is 0. The van der Waals surface area contributed by atoms with Gasteiger partial charge in [0.05, 0.1) is 18.8 Å². The zero-order valence-electron chi connectivity index (χ0n) is 24.9. The van der Waals surface area contributed by atoms with E-state index in [1.54, 1.807) is 6.08 Å². The maximum Gasteiger partial charge on any atom is 0.220 e. The number of nitrogens with one attached hydrogen (secondary N) is 1. The number of unbranched alkanes of at least 4 members (excludes halogenated alkanes) is 14. The highest BCUT2D eigenvalue weighted by molar-refractivity contribution is 5.76. The summed E-state index contributed by atoms with van der Waals surface area (Å²) in [5.74, 6) is -0.0935. The molecule has 0 radical (unpaired) electrons. The minimum absolute atomic E-state index is 0.0935. The summed E-state index contributed by atoms with van der Waals surface area (Å²) in [6, 6.07) is -0.643. The molecule has 0 heterocycles. The fourth-order valence-corrected chi connectivity index (χ4v) is 4.27. The Bertz CT molecular complexity index is 623. The summed E-state index contributed by atoms with van der Waals surface area (Å²) in [6.45, 7) is 4.20. The van der Waals surface area contributed by atoms with E-state index in [4.69, 9.17) is 0 Å². The quantitative estimate of drug-likeness (QED) is 0.0732. The van der Waals surface area contributed by atoms with Crippen LogP contribution in [0.15, 0.2) is 48.6 Å². The third-order valence-electron chi connectivity index (χ3n) is 6.78. The highest BCUT2D eigenvalue weighted by Gasteiger charge is 2.17. The molecule has 0 rings (SSSR count). The lowest BCUT2D eigenvalue weighted by atomic mass is 10.1. The molecule has 0 aromatic carbocycles. The molecule has 2 atom stereocenters. The summed E-state index contributed by atoms with van der Waals surface area (Å²) in [6.07, 6.45) is 38.9. The molecular weight excluding hydrogens is 470 g/mol. The second-order valence-electron chi connectivity index (χ2n) is 10.5. The number of aliphatic hydroxyl groups excluding tert-OH is 2. The molecule has 0 saturated carbocycles. The van der Waals surface area contributed by atoms with Gasteiger partial charge in [0.2, 0.25) is 5.91 Å². The van der Waals surface area contributed by atoms with Crippen LogP contribution in [0.25, 0.3) is 0 Å². The standard InChI is InChI=1S/C34H61NO3/c1-3-5-7-9-11-13-15-17-18-20-22-24-26-28-30-34(38)35-32(31-36)33(37)29-27-25-23-21-19-16-14-12-10-8-6-4-2/h9,11,15,17,19,21,27,29,32-33,36-37H,3-8,10,12-14,16,18,20,22-26,28,30-31H2,1-2H3,(H,35,38)/b11-9-,17-15-,21-19+,29-27+. The van der Waals surface area contributed by atoms with Gasteiger partial charge in [0.15, 0.2) is 0 Å². The number of aliphatic hydroxyl groups is 2. The van der Waals surface area contributed by atoms with Crippen LogP contribution in [0.3, 0.4) is 0 Å². The molecule has 0 saturated heterocycles. The highest BCUT2D eigenvalue weighted by atomic mass is 16.3. The number of amides is 1. The zero-order valence-corrected chi connectivity index (χ0v) is 24.9. The number of carbonyl (C=O) groups is 1. The van der Waals surface area contributed by atoms with Crippen molar-refractivity contribution in [3.05, 3.63) is 48.6 Å². The van der Waals surface area contributed by atoms with Crippen molar-refractivity contribution in [3.8, 4) is 0 Å². The molecule has 0 aromatic heterocycles. The van der Waals surface area contributed by atoms with Crippen molar-refractivity contribution >= 4 is 5.91 Å². The predicted molar refractivity (Wildman–Crippen MR) is 165 cm³/mol. The van der Waals surface area contributed by atoms with Gasteiger partial charge >= 0.3 is 0 Å². The molecular formula is C34H61NO3. The second-order valence-corrected chi connectivity index (χ2v) is 10.5. The van der Waals surface area contributed by atoms with Crippen LogP contribution in [0.4, 0.5) is 0 Å². The van der Waals surface area contributed by atoms with Crippen LogP contribution in [0, 0.1) is 0 Å². The molecule has 1 amide bonds. The minimum atomic E-state index is -0.865. The Morgan fingerprint density at radius 2 is 1.13 bits per heavy atom. The summed E-state index contributed by atoms with van der Waals surface area (Å²) < 4.78 is 0. The molecule has 0 aromatic rings. The van der Waals surface area contributed by atoms with Crippen molar-refractivity contribution in [2.45, 2.75) is 154 Å². The maximum atomic E-state index is 12.2. The van der Waals surface area contributed by atoms with Gasteiger partial charge in [-0.05, 0) is 57.8 Å². The lowest BCUT2D eigenvalue weighted by Gasteiger charge is -2.19. The molecule has 0 fully saturated rings. The summed E-state index contributed by atoms with van der Waals surface area (Å²) in [5, 5.41) is 22.7. The van der Waals surface area contributed by atoms with Gasteiger partial charge in [-0.2, -0.15) is 0 Å². The summed E-state index contributed by atoms with van der Waals surface area (Å²) in [7, 11) is 0. The van der Waals surface area contributed by atoms with Crippen LogP contribution in [-0.4, -0.2) is 34.9 Å². The first kappa shape index (κ1) is 36.4. The molecule has 0 aliphatic carbocycles. The molecule has 0 spiro atoms. The van der Waals surface area contributed by atoms with E-state index in [1.165, 1.54) is 70.6 Å². The molecule has 0 aliphatic heterocycles. The van der Waals surface area contributed by atoms with E-state index in [2.05, 4.69) is 55.6 Å². The van der Waals surface area contributed by atoms with Crippen LogP contribution in [-0.2, 0) is 4.79 Å². The fourth-order valence-electron chi connectivity index (χ4n) is 4.27. The predicted octanol–water partition coefficient (Wildman–Crippen LogP) is 8.89. The van der Waals surface area contributed by atoms with Gasteiger partial charge in [0.1, 0.15) is 0 Å². The van der Waals surface area contributed by atoms with Crippen molar-refractivity contribution in [3.63, 3.8) is 0 Å². The maximum absolute atomic E-state index is 12.2. The van der Waals surface area contributed by atoms with Crippen molar-refractivity contribution in [2.75, 3.05) is 6.61 Å². The zero-order chi connectivity index (χ0) is 27.9. The molecule has 4 heteroatoms. The van der Waals surface area contributed by atoms with Crippen molar-refractivity contribution in [2.24, 2.45) is 0 Å². The highest BCUT2D eigenvalue weighted by Crippen LogP contribution is 2.10. The lowest BCUT2D eigenvalue weighted by Crippen LogP contribution is -2.45. The second kappa shape index (κ2) is 29.9. The number of hydrogen-bond acceptors (Lipinski definition) is 3. The van der Waals surface area contributed by atoms with Crippen LogP contribution in [0.2, 0.25) is 0 Å². The largest absolute Gasteiger partial charge is 0.394 e. The number of rotatable bonds is 27. The van der Waals surface area contributed by atoms with Crippen molar-refractivity contribution < 1.29 is 15.0 Å². The molecule has 3 N–H and O–H groups in total. The van der Waals surface area contributed by atoms with E-state index >= 15 is 0 Å². The first-order valence-electron chi connectivity index (χ1n) is 15.9. The molecule has 0 bridgehead atoms. The Kier molecular flexibility index (Phi) is 28.6. The smallest absolute Gasteiger partial charge is 0.220 e. The third-order valence-corrected chi connectivity index (χ3v) is 6.78. The molecule has 220 valence electrons. The Morgan fingerprint density at radius 1 is 0.632 bits per heavy atom. The normalized spacial score (nSPS) is 13.9. The lowest BCUT2D eigenvalue weighted by molar-refractivity contribution is -0.123. The van der Waals surface area contributed by atoms with E-state index in [9.17, 15) is 15.0 Å². The Labute approximate surface area is 235 Å². The number of hydrogen-bond donors (Lipinski definition) is 3. The Balaban J connectivity index is 3.77. The molecule has 0 aliphatic rings.